The van der Waals surface area contributed by atoms with Crippen LogP contribution in [-0.4, -0.2) is 4.98 Å². The van der Waals surface area contributed by atoms with Crippen LogP contribution in [0.4, 0.5) is 0 Å². The van der Waals surface area contributed by atoms with Crippen molar-refractivity contribution in [2.45, 2.75) is 26.1 Å². The van der Waals surface area contributed by atoms with Crippen LogP contribution in [0, 0.1) is 6.92 Å². The highest BCUT2D eigenvalue weighted by molar-refractivity contribution is 7.10. The summed E-state index contributed by atoms with van der Waals surface area (Å²) in [6, 6.07) is 2.08. The van der Waals surface area contributed by atoms with Crippen LogP contribution in [0.3, 0.4) is 0 Å². The second-order valence-electron chi connectivity index (χ2n) is 3.32. The van der Waals surface area contributed by atoms with Crippen molar-refractivity contribution in [3.8, 4) is 11.5 Å². The molecule has 2 rings (SSSR count). The van der Waals surface area contributed by atoms with Crippen LogP contribution >= 0.6 is 22.9 Å². The van der Waals surface area contributed by atoms with Crippen LogP contribution in [0.5, 0.6) is 0 Å². The van der Waals surface area contributed by atoms with Gasteiger partial charge in [0.2, 0.25) is 5.89 Å². The first kappa shape index (κ1) is 10.7. The van der Waals surface area contributed by atoms with Crippen LogP contribution in [0.25, 0.3) is 11.5 Å². The van der Waals surface area contributed by atoms with Gasteiger partial charge in [-0.05, 0) is 19.4 Å². The third-order valence-electron chi connectivity index (χ3n) is 2.21. The zero-order valence-corrected chi connectivity index (χ0v) is 10.3. The molecular weight excluding hydrogens is 230 g/mol. The zero-order valence-electron chi connectivity index (χ0n) is 8.71. The van der Waals surface area contributed by atoms with Crippen molar-refractivity contribution in [2.75, 3.05) is 0 Å². The van der Waals surface area contributed by atoms with Gasteiger partial charge in [-0.25, -0.2) is 4.98 Å². The largest absolute Gasteiger partial charge is 0.440 e. The fourth-order valence-corrected chi connectivity index (χ4v) is 2.33. The number of aromatic nitrogens is 1. The van der Waals surface area contributed by atoms with Gasteiger partial charge in [-0.3, -0.25) is 0 Å². The minimum Gasteiger partial charge on any atom is -0.440 e. The van der Waals surface area contributed by atoms with Gasteiger partial charge in [-0.2, -0.15) is 0 Å². The molecule has 0 spiro atoms. The summed E-state index contributed by atoms with van der Waals surface area (Å²) in [5.41, 5.74) is 2.01. The average Bonchev–Trinajstić information content (AvgIpc) is 2.82. The predicted molar refractivity (Wildman–Crippen MR) is 63.5 cm³/mol. The molecule has 2 heterocycles. The molecule has 0 atom stereocenters. The average molecular weight is 242 g/mol. The molecule has 0 bridgehead atoms. The molecule has 0 fully saturated rings. The predicted octanol–water partition coefficient (Wildman–Crippen LogP) is 4.01. The van der Waals surface area contributed by atoms with Crippen molar-refractivity contribution in [1.82, 2.24) is 4.98 Å². The van der Waals surface area contributed by atoms with Crippen molar-refractivity contribution in [2.24, 2.45) is 0 Å². The molecular formula is C11H12ClNOS. The first-order valence-corrected chi connectivity index (χ1v) is 6.26. The highest BCUT2D eigenvalue weighted by atomic mass is 35.5. The summed E-state index contributed by atoms with van der Waals surface area (Å²) in [6.07, 6.45) is 0.856. The van der Waals surface area contributed by atoms with E-state index in [2.05, 4.69) is 30.3 Å². The number of hydrogen-bond acceptors (Lipinski definition) is 3. The lowest BCUT2D eigenvalue weighted by Gasteiger charge is -1.88. The van der Waals surface area contributed by atoms with E-state index in [0.29, 0.717) is 11.8 Å². The number of alkyl halides is 1. The summed E-state index contributed by atoms with van der Waals surface area (Å²) in [5.74, 6) is 1.86. The van der Waals surface area contributed by atoms with Crippen LogP contribution < -0.4 is 0 Å². The highest BCUT2D eigenvalue weighted by Crippen LogP contribution is 2.27. The summed E-state index contributed by atoms with van der Waals surface area (Å²) < 4.78 is 5.62. The Labute approximate surface area is 97.9 Å². The van der Waals surface area contributed by atoms with Crippen molar-refractivity contribution in [3.05, 3.63) is 27.8 Å². The summed E-state index contributed by atoms with van der Waals surface area (Å²) in [6.45, 7) is 4.12. The maximum atomic E-state index is 5.79. The number of aryl methyl sites for hydroxylation is 2. The molecule has 0 aliphatic rings. The van der Waals surface area contributed by atoms with Crippen LogP contribution in [0.2, 0.25) is 0 Å². The fourth-order valence-electron chi connectivity index (χ4n) is 1.44. The van der Waals surface area contributed by atoms with E-state index in [4.69, 9.17) is 16.0 Å². The van der Waals surface area contributed by atoms with Crippen molar-refractivity contribution < 1.29 is 4.42 Å². The molecule has 2 aromatic rings. The van der Waals surface area contributed by atoms with Crippen molar-refractivity contribution in [3.63, 3.8) is 0 Å². The normalized spacial score (nSPS) is 10.9. The second-order valence-corrected chi connectivity index (χ2v) is 4.70. The second kappa shape index (κ2) is 4.37. The lowest BCUT2D eigenvalue weighted by molar-refractivity contribution is 0.535. The van der Waals surface area contributed by atoms with E-state index >= 15 is 0 Å². The number of rotatable bonds is 3. The number of oxazole rings is 1. The van der Waals surface area contributed by atoms with E-state index in [1.54, 1.807) is 11.3 Å². The number of halogens is 1. The maximum absolute atomic E-state index is 5.79. The molecule has 15 heavy (non-hydrogen) atoms. The minimum absolute atomic E-state index is 0.388. The highest BCUT2D eigenvalue weighted by Gasteiger charge is 2.12. The fraction of sp³-hybridized carbons (Fsp3) is 0.364. The SMILES string of the molecule is CCc1nc(-c2csc(C)c2)oc1CCl. The van der Waals surface area contributed by atoms with Gasteiger partial charge >= 0.3 is 0 Å². The van der Waals surface area contributed by atoms with Crippen molar-refractivity contribution >= 4 is 22.9 Å². The van der Waals surface area contributed by atoms with Gasteiger partial charge < -0.3 is 4.42 Å². The first-order chi connectivity index (χ1) is 7.24. The van der Waals surface area contributed by atoms with Crippen LogP contribution in [0.1, 0.15) is 23.3 Å². The Hall–Kier alpha value is -0.800. The third-order valence-corrected chi connectivity index (χ3v) is 3.32. The molecule has 0 radical (unpaired) electrons. The summed E-state index contributed by atoms with van der Waals surface area (Å²) >= 11 is 7.48. The Bertz CT molecular complexity index is 439. The Morgan fingerprint density at radius 2 is 2.33 bits per heavy atom. The Balaban J connectivity index is 2.41. The molecule has 0 aliphatic heterocycles. The van der Waals surface area contributed by atoms with E-state index in [-0.39, 0.29) is 0 Å². The monoisotopic (exact) mass is 241 g/mol. The lowest BCUT2D eigenvalue weighted by Crippen LogP contribution is -1.84. The zero-order chi connectivity index (χ0) is 10.8. The van der Waals surface area contributed by atoms with Gasteiger partial charge in [0.25, 0.3) is 0 Å². The summed E-state index contributed by atoms with van der Waals surface area (Å²) in [7, 11) is 0. The molecule has 0 unspecified atom stereocenters. The molecule has 0 aliphatic carbocycles. The van der Waals surface area contributed by atoms with Gasteiger partial charge in [-0.1, -0.05) is 6.92 Å². The number of nitrogens with zero attached hydrogens (tertiary/aromatic N) is 1. The smallest absolute Gasteiger partial charge is 0.227 e. The molecule has 0 saturated carbocycles. The molecule has 0 amide bonds. The summed E-state index contributed by atoms with van der Waals surface area (Å²) in [5, 5.41) is 2.05. The van der Waals surface area contributed by atoms with Gasteiger partial charge in [0.05, 0.1) is 11.6 Å². The van der Waals surface area contributed by atoms with E-state index in [0.717, 1.165) is 23.4 Å². The quantitative estimate of drug-likeness (QED) is 0.759. The van der Waals surface area contributed by atoms with E-state index < -0.39 is 0 Å². The third kappa shape index (κ3) is 2.08. The minimum atomic E-state index is 0.388. The molecule has 80 valence electrons. The van der Waals surface area contributed by atoms with Gasteiger partial charge in [0, 0.05) is 15.8 Å². The summed E-state index contributed by atoms with van der Waals surface area (Å²) in [4.78, 5) is 5.70. The Morgan fingerprint density at radius 1 is 1.53 bits per heavy atom. The topological polar surface area (TPSA) is 26.0 Å². The number of thiophene rings is 1. The Morgan fingerprint density at radius 3 is 2.80 bits per heavy atom. The van der Waals surface area contributed by atoms with Crippen LogP contribution in [-0.2, 0) is 12.3 Å². The molecule has 0 saturated heterocycles. The number of hydrogen-bond donors (Lipinski definition) is 0. The molecule has 4 heteroatoms. The van der Waals surface area contributed by atoms with E-state index in [1.807, 2.05) is 0 Å². The van der Waals surface area contributed by atoms with E-state index in [1.165, 1.54) is 4.88 Å². The molecule has 0 N–H and O–H groups in total. The van der Waals surface area contributed by atoms with Crippen molar-refractivity contribution in [1.29, 1.82) is 0 Å². The van der Waals surface area contributed by atoms with E-state index in [9.17, 15) is 0 Å². The molecule has 2 aromatic heterocycles. The maximum Gasteiger partial charge on any atom is 0.227 e. The lowest BCUT2D eigenvalue weighted by atomic mass is 10.3. The molecule has 0 aromatic carbocycles. The first-order valence-electron chi connectivity index (χ1n) is 4.84. The van der Waals surface area contributed by atoms with Crippen LogP contribution in [0.15, 0.2) is 15.9 Å². The van der Waals surface area contributed by atoms with Gasteiger partial charge in [0.1, 0.15) is 5.76 Å². The van der Waals surface area contributed by atoms with Gasteiger partial charge in [-0.15, -0.1) is 22.9 Å². The Kier molecular flexibility index (Phi) is 3.12. The standard InChI is InChI=1S/C11H12ClNOS/c1-3-9-10(5-12)14-11(13-9)8-4-7(2)15-6-8/h4,6H,3,5H2,1-2H3. The molecule has 2 nitrogen and oxygen atoms in total. The van der Waals surface area contributed by atoms with Gasteiger partial charge in [0.15, 0.2) is 0 Å².